The molecule has 0 saturated heterocycles. The molecule has 0 atom stereocenters. The molecule has 148 valence electrons. The lowest BCUT2D eigenvalue weighted by Gasteiger charge is -2.18. The molecule has 0 aliphatic carbocycles. The minimum absolute atomic E-state index is 0. The SMILES string of the molecule is CN(CCCCN1C(=O)c2ccc([N+](=O)[O-])cc2C1=O)Cc1ccccc1.Cl. The van der Waals surface area contributed by atoms with E-state index in [-0.39, 0.29) is 35.1 Å². The van der Waals surface area contributed by atoms with Gasteiger partial charge in [0.1, 0.15) is 0 Å². The topological polar surface area (TPSA) is 83.8 Å². The second-order valence-electron chi connectivity index (χ2n) is 6.68. The van der Waals surface area contributed by atoms with Gasteiger partial charge in [0.15, 0.2) is 0 Å². The second-order valence-corrected chi connectivity index (χ2v) is 6.68. The molecule has 2 aromatic rings. The number of unbranched alkanes of at least 4 members (excludes halogenated alkanes) is 1. The first-order valence-corrected chi connectivity index (χ1v) is 8.84. The van der Waals surface area contributed by atoms with Crippen molar-refractivity contribution in [2.24, 2.45) is 0 Å². The molecule has 1 aliphatic rings. The highest BCUT2D eigenvalue weighted by Gasteiger charge is 2.36. The van der Waals surface area contributed by atoms with Gasteiger partial charge >= 0.3 is 0 Å². The molecule has 0 saturated carbocycles. The number of carbonyl (C=O) groups excluding carboxylic acids is 2. The average Bonchev–Trinajstić information content (AvgIpc) is 2.90. The van der Waals surface area contributed by atoms with Crippen molar-refractivity contribution >= 4 is 29.9 Å². The third kappa shape index (κ3) is 4.74. The minimum Gasteiger partial charge on any atom is -0.302 e. The van der Waals surface area contributed by atoms with Crippen LogP contribution in [0.2, 0.25) is 0 Å². The molecule has 0 aromatic heterocycles. The number of hydrogen-bond donors (Lipinski definition) is 0. The van der Waals surface area contributed by atoms with Crippen LogP contribution in [0.25, 0.3) is 0 Å². The Labute approximate surface area is 169 Å². The van der Waals surface area contributed by atoms with E-state index in [1.165, 1.54) is 28.7 Å². The van der Waals surface area contributed by atoms with Crippen molar-refractivity contribution < 1.29 is 14.5 Å². The minimum atomic E-state index is -0.566. The van der Waals surface area contributed by atoms with E-state index in [1.807, 2.05) is 25.2 Å². The molecule has 2 aromatic carbocycles. The summed E-state index contributed by atoms with van der Waals surface area (Å²) in [4.78, 5) is 38.5. The lowest BCUT2D eigenvalue weighted by Crippen LogP contribution is -2.31. The van der Waals surface area contributed by atoms with Gasteiger partial charge in [-0.2, -0.15) is 0 Å². The van der Waals surface area contributed by atoms with Crippen LogP contribution < -0.4 is 0 Å². The largest absolute Gasteiger partial charge is 0.302 e. The van der Waals surface area contributed by atoms with Crippen LogP contribution in [0.5, 0.6) is 0 Å². The van der Waals surface area contributed by atoms with Gasteiger partial charge in [0.25, 0.3) is 17.5 Å². The zero-order chi connectivity index (χ0) is 19.4. The Morgan fingerprint density at radius 3 is 2.36 bits per heavy atom. The summed E-state index contributed by atoms with van der Waals surface area (Å²) in [6, 6.07) is 14.0. The lowest BCUT2D eigenvalue weighted by atomic mass is 10.1. The number of nitro groups is 1. The van der Waals surface area contributed by atoms with E-state index < -0.39 is 10.8 Å². The monoisotopic (exact) mass is 403 g/mol. The Balaban J connectivity index is 0.00000280. The Bertz CT molecular complexity index is 873. The fourth-order valence-corrected chi connectivity index (χ4v) is 3.22. The fraction of sp³-hybridized carbons (Fsp3) is 0.300. The van der Waals surface area contributed by atoms with Crippen molar-refractivity contribution in [1.29, 1.82) is 0 Å². The van der Waals surface area contributed by atoms with Crippen LogP contribution >= 0.6 is 12.4 Å². The van der Waals surface area contributed by atoms with Crippen molar-refractivity contribution in [3.05, 3.63) is 75.3 Å². The van der Waals surface area contributed by atoms with Crippen LogP contribution in [0.4, 0.5) is 5.69 Å². The first-order valence-electron chi connectivity index (χ1n) is 8.84. The molecule has 0 bridgehead atoms. The first kappa shape index (κ1) is 21.5. The maximum absolute atomic E-state index is 12.4. The van der Waals surface area contributed by atoms with Crippen molar-refractivity contribution in [3.8, 4) is 0 Å². The summed E-state index contributed by atoms with van der Waals surface area (Å²) in [5, 5.41) is 10.9. The molecular weight excluding hydrogens is 382 g/mol. The maximum atomic E-state index is 12.4. The van der Waals surface area contributed by atoms with Crippen molar-refractivity contribution in [3.63, 3.8) is 0 Å². The van der Waals surface area contributed by atoms with Crippen molar-refractivity contribution in [2.75, 3.05) is 20.1 Å². The van der Waals surface area contributed by atoms with Crippen LogP contribution in [-0.2, 0) is 6.54 Å². The molecule has 0 radical (unpaired) electrons. The summed E-state index contributed by atoms with van der Waals surface area (Å²) in [5.74, 6) is -0.820. The zero-order valence-electron chi connectivity index (χ0n) is 15.5. The third-order valence-corrected chi connectivity index (χ3v) is 4.63. The number of nitro benzene ring substituents is 1. The van der Waals surface area contributed by atoms with Crippen LogP contribution in [0.1, 0.15) is 39.1 Å². The number of amides is 2. The normalized spacial score (nSPS) is 12.9. The summed E-state index contributed by atoms with van der Waals surface area (Å²) in [5.41, 5.74) is 1.42. The van der Waals surface area contributed by atoms with Crippen molar-refractivity contribution in [2.45, 2.75) is 19.4 Å². The Hall–Kier alpha value is -2.77. The van der Waals surface area contributed by atoms with Gasteiger partial charge in [0.05, 0.1) is 16.1 Å². The van der Waals surface area contributed by atoms with Crippen LogP contribution in [0.15, 0.2) is 48.5 Å². The smallest absolute Gasteiger partial charge is 0.270 e. The van der Waals surface area contributed by atoms with Gasteiger partial charge in [-0.3, -0.25) is 24.6 Å². The Morgan fingerprint density at radius 1 is 1.00 bits per heavy atom. The van der Waals surface area contributed by atoms with Crippen LogP contribution in [0.3, 0.4) is 0 Å². The van der Waals surface area contributed by atoms with Gasteiger partial charge in [0.2, 0.25) is 0 Å². The van der Waals surface area contributed by atoms with Gasteiger partial charge in [-0.05, 0) is 38.1 Å². The Morgan fingerprint density at radius 2 is 1.68 bits per heavy atom. The van der Waals surface area contributed by atoms with E-state index in [4.69, 9.17) is 0 Å². The van der Waals surface area contributed by atoms with E-state index in [9.17, 15) is 19.7 Å². The lowest BCUT2D eigenvalue weighted by molar-refractivity contribution is -0.384. The molecule has 0 unspecified atom stereocenters. The summed E-state index contributed by atoms with van der Waals surface area (Å²) < 4.78 is 0. The molecule has 0 spiro atoms. The summed E-state index contributed by atoms with van der Waals surface area (Å²) >= 11 is 0. The van der Waals surface area contributed by atoms with E-state index in [2.05, 4.69) is 17.0 Å². The summed E-state index contributed by atoms with van der Waals surface area (Å²) in [6.07, 6.45) is 1.53. The number of non-ortho nitro benzene ring substituents is 1. The van der Waals surface area contributed by atoms with Gasteiger partial charge in [-0.25, -0.2) is 0 Å². The van der Waals surface area contributed by atoms with Gasteiger partial charge in [0, 0.05) is 25.2 Å². The zero-order valence-corrected chi connectivity index (χ0v) is 16.4. The van der Waals surface area contributed by atoms with E-state index in [1.54, 1.807) is 0 Å². The number of carbonyl (C=O) groups is 2. The van der Waals surface area contributed by atoms with Crippen molar-refractivity contribution in [1.82, 2.24) is 9.80 Å². The average molecular weight is 404 g/mol. The first-order chi connectivity index (χ1) is 13.0. The van der Waals surface area contributed by atoms with E-state index in [0.717, 1.165) is 19.5 Å². The van der Waals surface area contributed by atoms with Gasteiger partial charge in [-0.15, -0.1) is 12.4 Å². The highest BCUT2D eigenvalue weighted by molar-refractivity contribution is 6.21. The number of imide groups is 1. The highest BCUT2D eigenvalue weighted by Crippen LogP contribution is 2.27. The predicted octanol–water partition coefficient (Wildman–Crippen LogP) is 3.52. The number of fused-ring (bicyclic) bond motifs is 1. The molecule has 28 heavy (non-hydrogen) atoms. The molecule has 7 nitrogen and oxygen atoms in total. The quantitative estimate of drug-likeness (QED) is 0.291. The number of hydrogen-bond acceptors (Lipinski definition) is 5. The van der Waals surface area contributed by atoms with E-state index >= 15 is 0 Å². The molecule has 0 fully saturated rings. The molecule has 3 rings (SSSR count). The highest BCUT2D eigenvalue weighted by atomic mass is 35.5. The van der Waals surface area contributed by atoms with Gasteiger partial charge in [-0.1, -0.05) is 30.3 Å². The van der Waals surface area contributed by atoms with Gasteiger partial charge < -0.3 is 4.90 Å². The summed E-state index contributed by atoms with van der Waals surface area (Å²) in [6.45, 7) is 2.01. The molecule has 1 heterocycles. The molecule has 2 amide bonds. The number of halogens is 1. The fourth-order valence-electron chi connectivity index (χ4n) is 3.22. The van der Waals surface area contributed by atoms with Crippen LogP contribution in [0, 0.1) is 10.1 Å². The van der Waals surface area contributed by atoms with E-state index in [0.29, 0.717) is 13.0 Å². The second kappa shape index (κ2) is 9.43. The van der Waals surface area contributed by atoms with Crippen LogP contribution in [-0.4, -0.2) is 46.7 Å². The summed E-state index contributed by atoms with van der Waals surface area (Å²) in [7, 11) is 2.04. The Kier molecular flexibility index (Phi) is 7.25. The number of benzene rings is 2. The molecule has 0 N–H and O–H groups in total. The third-order valence-electron chi connectivity index (χ3n) is 4.63. The standard InChI is InChI=1S/C20H21N3O4.ClH/c1-21(14-15-7-3-2-4-8-15)11-5-6-12-22-19(24)17-10-9-16(23(26)27)13-18(17)20(22)25;/h2-4,7-10,13H,5-6,11-12,14H2,1H3;1H. The number of nitrogens with zero attached hydrogens (tertiary/aromatic N) is 3. The molecule has 1 aliphatic heterocycles. The maximum Gasteiger partial charge on any atom is 0.270 e. The number of rotatable bonds is 8. The molecule has 8 heteroatoms. The molecular formula is C20H22ClN3O4. The predicted molar refractivity (Wildman–Crippen MR) is 108 cm³/mol.